The summed E-state index contributed by atoms with van der Waals surface area (Å²) in [5.41, 5.74) is 2.54. The zero-order valence-electron chi connectivity index (χ0n) is 11.0. The van der Waals surface area contributed by atoms with E-state index in [1.165, 1.54) is 0 Å². The quantitative estimate of drug-likeness (QED) is 0.774. The standard InChI is InChI=1S/C14H17N3O/c1-4-17-6-5-15-13(17)8-12(18)14-11(3)7-10(2)9-16-14/h5-7,9H,4,8H2,1-3H3. The molecule has 2 aromatic heterocycles. The van der Waals surface area contributed by atoms with Gasteiger partial charge in [0.05, 0.1) is 6.42 Å². The van der Waals surface area contributed by atoms with Gasteiger partial charge in [-0.3, -0.25) is 9.78 Å². The highest BCUT2D eigenvalue weighted by molar-refractivity contribution is 5.96. The Morgan fingerprint density at radius 3 is 2.78 bits per heavy atom. The van der Waals surface area contributed by atoms with Gasteiger partial charge in [-0.25, -0.2) is 4.98 Å². The molecule has 94 valence electrons. The number of hydrogen-bond donors (Lipinski definition) is 0. The minimum atomic E-state index is 0.0217. The normalized spacial score (nSPS) is 10.6. The molecule has 0 aliphatic heterocycles. The maximum absolute atomic E-state index is 12.2. The Hall–Kier alpha value is -1.97. The van der Waals surface area contributed by atoms with Crippen molar-refractivity contribution in [2.24, 2.45) is 0 Å². The molecular formula is C14H17N3O. The van der Waals surface area contributed by atoms with Crippen LogP contribution in [-0.4, -0.2) is 20.3 Å². The molecule has 0 atom stereocenters. The molecule has 0 spiro atoms. The molecule has 0 bridgehead atoms. The van der Waals surface area contributed by atoms with E-state index in [4.69, 9.17) is 0 Å². The average molecular weight is 243 g/mol. The summed E-state index contributed by atoms with van der Waals surface area (Å²) in [4.78, 5) is 20.6. The minimum Gasteiger partial charge on any atom is -0.335 e. The summed E-state index contributed by atoms with van der Waals surface area (Å²) >= 11 is 0. The Morgan fingerprint density at radius 2 is 2.11 bits per heavy atom. The first-order valence-electron chi connectivity index (χ1n) is 6.08. The molecule has 2 heterocycles. The molecule has 0 aromatic carbocycles. The number of carbonyl (C=O) groups excluding carboxylic acids is 1. The van der Waals surface area contributed by atoms with Gasteiger partial charge in [0.2, 0.25) is 0 Å². The van der Waals surface area contributed by atoms with Gasteiger partial charge < -0.3 is 4.57 Å². The smallest absolute Gasteiger partial charge is 0.188 e. The molecule has 0 saturated heterocycles. The zero-order valence-corrected chi connectivity index (χ0v) is 11.0. The fraction of sp³-hybridized carbons (Fsp3) is 0.357. The lowest BCUT2D eigenvalue weighted by Gasteiger charge is -2.06. The molecule has 0 saturated carbocycles. The molecule has 2 aromatic rings. The summed E-state index contributed by atoms with van der Waals surface area (Å²) in [5.74, 6) is 0.817. The second-order valence-electron chi connectivity index (χ2n) is 4.41. The fourth-order valence-corrected chi connectivity index (χ4v) is 2.03. The molecule has 0 radical (unpaired) electrons. The molecule has 2 rings (SSSR count). The third-order valence-electron chi connectivity index (χ3n) is 2.94. The Balaban J connectivity index is 2.22. The van der Waals surface area contributed by atoms with E-state index in [0.717, 1.165) is 23.5 Å². The van der Waals surface area contributed by atoms with E-state index in [1.54, 1.807) is 12.4 Å². The van der Waals surface area contributed by atoms with Crippen molar-refractivity contribution in [3.8, 4) is 0 Å². The third-order valence-corrected chi connectivity index (χ3v) is 2.94. The Labute approximate surface area is 107 Å². The SMILES string of the molecule is CCn1ccnc1CC(=O)c1ncc(C)cc1C. The Morgan fingerprint density at radius 1 is 1.33 bits per heavy atom. The van der Waals surface area contributed by atoms with Gasteiger partial charge in [-0.15, -0.1) is 0 Å². The molecular weight excluding hydrogens is 226 g/mol. The van der Waals surface area contributed by atoms with E-state index in [1.807, 2.05) is 37.6 Å². The van der Waals surface area contributed by atoms with Crippen molar-refractivity contribution < 1.29 is 4.79 Å². The van der Waals surface area contributed by atoms with Gasteiger partial charge in [0.1, 0.15) is 11.5 Å². The Kier molecular flexibility index (Phi) is 3.55. The molecule has 18 heavy (non-hydrogen) atoms. The van der Waals surface area contributed by atoms with Gasteiger partial charge in [-0.05, 0) is 31.9 Å². The molecule has 0 N–H and O–H groups in total. The van der Waals surface area contributed by atoms with E-state index in [2.05, 4.69) is 9.97 Å². The summed E-state index contributed by atoms with van der Waals surface area (Å²) in [6.07, 6.45) is 5.64. The van der Waals surface area contributed by atoms with Crippen LogP contribution in [0.25, 0.3) is 0 Å². The van der Waals surface area contributed by atoms with Crippen LogP contribution in [0.3, 0.4) is 0 Å². The monoisotopic (exact) mass is 243 g/mol. The summed E-state index contributed by atoms with van der Waals surface area (Å²) in [6.45, 7) is 6.74. The van der Waals surface area contributed by atoms with Gasteiger partial charge >= 0.3 is 0 Å². The van der Waals surface area contributed by atoms with Gasteiger partial charge in [0.25, 0.3) is 0 Å². The van der Waals surface area contributed by atoms with Crippen LogP contribution in [0, 0.1) is 13.8 Å². The van der Waals surface area contributed by atoms with Crippen LogP contribution in [0.2, 0.25) is 0 Å². The topological polar surface area (TPSA) is 47.8 Å². The van der Waals surface area contributed by atoms with Crippen molar-refractivity contribution >= 4 is 5.78 Å². The van der Waals surface area contributed by atoms with Crippen LogP contribution in [0.5, 0.6) is 0 Å². The number of ketones is 1. The molecule has 4 heteroatoms. The molecule has 0 aliphatic rings. The number of aromatic nitrogens is 3. The summed E-state index contributed by atoms with van der Waals surface area (Å²) < 4.78 is 1.97. The average Bonchev–Trinajstić information content (AvgIpc) is 2.76. The number of pyridine rings is 1. The van der Waals surface area contributed by atoms with Crippen LogP contribution >= 0.6 is 0 Å². The van der Waals surface area contributed by atoms with Crippen LogP contribution in [0.4, 0.5) is 0 Å². The highest BCUT2D eigenvalue weighted by atomic mass is 16.1. The molecule has 0 unspecified atom stereocenters. The molecule has 4 nitrogen and oxygen atoms in total. The predicted molar refractivity (Wildman–Crippen MR) is 69.6 cm³/mol. The number of Topliss-reactive ketones (excluding diaryl/α,β-unsaturated/α-hetero) is 1. The van der Waals surface area contributed by atoms with Gasteiger partial charge in [0.15, 0.2) is 5.78 Å². The lowest BCUT2D eigenvalue weighted by Crippen LogP contribution is -2.12. The van der Waals surface area contributed by atoms with Crippen molar-refractivity contribution in [1.29, 1.82) is 0 Å². The first-order valence-corrected chi connectivity index (χ1v) is 6.08. The maximum Gasteiger partial charge on any atom is 0.188 e. The second kappa shape index (κ2) is 5.12. The molecule has 0 amide bonds. The number of hydrogen-bond acceptors (Lipinski definition) is 3. The van der Waals surface area contributed by atoms with Crippen molar-refractivity contribution in [3.05, 3.63) is 47.3 Å². The van der Waals surface area contributed by atoms with Gasteiger partial charge in [0, 0.05) is 25.1 Å². The van der Waals surface area contributed by atoms with E-state index >= 15 is 0 Å². The number of carbonyl (C=O) groups is 1. The van der Waals surface area contributed by atoms with E-state index < -0.39 is 0 Å². The third kappa shape index (κ3) is 2.47. The maximum atomic E-state index is 12.2. The predicted octanol–water partition coefficient (Wildman–Crippen LogP) is 2.34. The Bertz CT molecular complexity index is 572. The van der Waals surface area contributed by atoms with Crippen LogP contribution in [0.1, 0.15) is 34.4 Å². The zero-order chi connectivity index (χ0) is 13.1. The van der Waals surface area contributed by atoms with Crippen molar-refractivity contribution in [3.63, 3.8) is 0 Å². The van der Waals surface area contributed by atoms with Crippen molar-refractivity contribution in [2.75, 3.05) is 0 Å². The van der Waals surface area contributed by atoms with E-state index in [0.29, 0.717) is 12.1 Å². The van der Waals surface area contributed by atoms with Gasteiger partial charge in [-0.1, -0.05) is 6.07 Å². The van der Waals surface area contributed by atoms with E-state index in [9.17, 15) is 4.79 Å². The summed E-state index contributed by atoms with van der Waals surface area (Å²) in [7, 11) is 0. The van der Waals surface area contributed by atoms with Crippen molar-refractivity contribution in [2.45, 2.75) is 33.7 Å². The lowest BCUT2D eigenvalue weighted by molar-refractivity contribution is 0.0984. The summed E-state index contributed by atoms with van der Waals surface area (Å²) in [5, 5.41) is 0. The minimum absolute atomic E-state index is 0.0217. The molecule has 0 fully saturated rings. The van der Waals surface area contributed by atoms with Crippen LogP contribution in [0.15, 0.2) is 24.7 Å². The molecule has 0 aliphatic carbocycles. The summed E-state index contributed by atoms with van der Waals surface area (Å²) in [6, 6.07) is 1.98. The van der Waals surface area contributed by atoms with Crippen LogP contribution in [-0.2, 0) is 13.0 Å². The largest absolute Gasteiger partial charge is 0.335 e. The number of nitrogens with zero attached hydrogens (tertiary/aromatic N) is 3. The number of imidazole rings is 1. The lowest BCUT2D eigenvalue weighted by atomic mass is 10.1. The first kappa shape index (κ1) is 12.5. The van der Waals surface area contributed by atoms with Crippen LogP contribution < -0.4 is 0 Å². The highest BCUT2D eigenvalue weighted by Gasteiger charge is 2.14. The number of rotatable bonds is 4. The van der Waals surface area contributed by atoms with Crippen molar-refractivity contribution in [1.82, 2.24) is 14.5 Å². The van der Waals surface area contributed by atoms with E-state index in [-0.39, 0.29) is 5.78 Å². The fourth-order valence-electron chi connectivity index (χ4n) is 2.03. The first-order chi connectivity index (χ1) is 8.61. The second-order valence-corrected chi connectivity index (χ2v) is 4.41. The van der Waals surface area contributed by atoms with Gasteiger partial charge in [-0.2, -0.15) is 0 Å². The highest BCUT2D eigenvalue weighted by Crippen LogP contribution is 2.10. The number of aryl methyl sites for hydroxylation is 3.